The summed E-state index contributed by atoms with van der Waals surface area (Å²) in [6.07, 6.45) is 0.604. The van der Waals surface area contributed by atoms with Crippen LogP contribution < -0.4 is 5.32 Å². The molecule has 0 unspecified atom stereocenters. The molecule has 162 valence electrons. The van der Waals surface area contributed by atoms with E-state index in [1.165, 1.54) is 11.8 Å². The number of carboxylic acid groups (broad SMARTS) is 1. The van der Waals surface area contributed by atoms with Crippen LogP contribution in [0.25, 0.3) is 0 Å². The highest BCUT2D eigenvalue weighted by Gasteiger charge is 2.33. The normalized spacial score (nSPS) is 16.7. The van der Waals surface area contributed by atoms with Crippen molar-refractivity contribution < 1.29 is 24.3 Å². The van der Waals surface area contributed by atoms with Crippen LogP contribution in [-0.4, -0.2) is 50.7 Å². The lowest BCUT2D eigenvalue weighted by Crippen LogP contribution is -2.51. The van der Waals surface area contributed by atoms with Gasteiger partial charge in [-0.1, -0.05) is 66.4 Å². The van der Waals surface area contributed by atoms with Crippen LogP contribution in [0.2, 0.25) is 0 Å². The third-order valence-electron chi connectivity index (χ3n) is 5.02. The Hall–Kier alpha value is -3.13. The van der Waals surface area contributed by atoms with E-state index in [9.17, 15) is 24.3 Å². The standard InChI is InChI=1S/C23H24N2O5S/c1-15(26)31-20(11-16-7-3-2-4-8-16)22(29)24-19-12-17-9-5-6-10-18(17)13-25(23(19)30)14-21(27)28/h2-10,19-20H,11-14H2,1H3,(H,24,29)(H,27,28)/t19-,20-/m0/s1. The molecule has 0 saturated carbocycles. The molecule has 2 aromatic carbocycles. The van der Waals surface area contributed by atoms with Crippen LogP contribution in [0.3, 0.4) is 0 Å². The van der Waals surface area contributed by atoms with E-state index in [4.69, 9.17) is 0 Å². The van der Waals surface area contributed by atoms with Crippen molar-refractivity contribution in [2.24, 2.45) is 0 Å². The van der Waals surface area contributed by atoms with Crippen molar-refractivity contribution in [1.29, 1.82) is 0 Å². The fourth-order valence-corrected chi connectivity index (χ4v) is 4.46. The molecule has 0 saturated heterocycles. The van der Waals surface area contributed by atoms with E-state index in [1.54, 1.807) is 0 Å². The van der Waals surface area contributed by atoms with Crippen LogP contribution >= 0.6 is 11.8 Å². The number of nitrogens with zero attached hydrogens (tertiary/aromatic N) is 1. The molecule has 1 heterocycles. The maximum atomic E-state index is 13.1. The number of amides is 2. The third kappa shape index (κ3) is 6.18. The fraction of sp³-hybridized carbons (Fsp3) is 0.304. The minimum absolute atomic E-state index is 0.170. The molecule has 1 aliphatic rings. The summed E-state index contributed by atoms with van der Waals surface area (Å²) in [6, 6.07) is 15.8. The number of benzene rings is 2. The predicted octanol–water partition coefficient (Wildman–Crippen LogP) is 2.03. The van der Waals surface area contributed by atoms with Crippen LogP contribution in [0.1, 0.15) is 23.6 Å². The number of thioether (sulfide) groups is 1. The van der Waals surface area contributed by atoms with Crippen LogP contribution in [0, 0.1) is 0 Å². The number of rotatable bonds is 7. The molecule has 0 aliphatic carbocycles. The third-order valence-corrected chi connectivity index (χ3v) is 6.02. The van der Waals surface area contributed by atoms with Crippen molar-refractivity contribution in [2.45, 2.75) is 37.6 Å². The largest absolute Gasteiger partial charge is 0.480 e. The van der Waals surface area contributed by atoms with Gasteiger partial charge >= 0.3 is 5.97 Å². The summed E-state index contributed by atoms with van der Waals surface area (Å²) >= 11 is 0.925. The average molecular weight is 441 g/mol. The zero-order valence-corrected chi connectivity index (χ0v) is 17.9. The van der Waals surface area contributed by atoms with Gasteiger partial charge in [-0.15, -0.1) is 0 Å². The number of hydrogen-bond acceptors (Lipinski definition) is 5. The minimum Gasteiger partial charge on any atom is -0.480 e. The molecule has 0 spiro atoms. The van der Waals surface area contributed by atoms with Gasteiger partial charge in [-0.25, -0.2) is 0 Å². The van der Waals surface area contributed by atoms with E-state index in [0.29, 0.717) is 6.42 Å². The van der Waals surface area contributed by atoms with Gasteiger partial charge in [0.2, 0.25) is 11.8 Å². The van der Waals surface area contributed by atoms with E-state index < -0.39 is 35.6 Å². The molecule has 0 bridgehead atoms. The van der Waals surface area contributed by atoms with Gasteiger partial charge in [-0.05, 0) is 23.1 Å². The Morgan fingerprint density at radius 1 is 1.10 bits per heavy atom. The average Bonchev–Trinajstić information content (AvgIpc) is 2.84. The van der Waals surface area contributed by atoms with Gasteiger partial charge in [-0.2, -0.15) is 0 Å². The first-order chi connectivity index (χ1) is 14.8. The number of hydrogen-bond donors (Lipinski definition) is 2. The van der Waals surface area contributed by atoms with Crippen LogP contribution in [0.15, 0.2) is 54.6 Å². The summed E-state index contributed by atoms with van der Waals surface area (Å²) in [4.78, 5) is 50.4. The van der Waals surface area contributed by atoms with Gasteiger partial charge in [0.1, 0.15) is 12.6 Å². The van der Waals surface area contributed by atoms with Gasteiger partial charge in [0, 0.05) is 19.9 Å². The Labute approximate surface area is 184 Å². The van der Waals surface area contributed by atoms with Crippen LogP contribution in [-0.2, 0) is 38.6 Å². The molecule has 31 heavy (non-hydrogen) atoms. The van der Waals surface area contributed by atoms with Gasteiger partial charge in [0.15, 0.2) is 5.12 Å². The molecule has 2 atom stereocenters. The minimum atomic E-state index is -1.12. The van der Waals surface area contributed by atoms with Crippen LogP contribution in [0.5, 0.6) is 0 Å². The Morgan fingerprint density at radius 2 is 1.74 bits per heavy atom. The first kappa shape index (κ1) is 22.6. The second kappa shape index (κ2) is 10.3. The Morgan fingerprint density at radius 3 is 2.39 bits per heavy atom. The lowest BCUT2D eigenvalue weighted by Gasteiger charge is -2.25. The van der Waals surface area contributed by atoms with Crippen molar-refractivity contribution in [3.8, 4) is 0 Å². The quantitative estimate of drug-likeness (QED) is 0.683. The lowest BCUT2D eigenvalue weighted by atomic mass is 10.0. The molecule has 2 aromatic rings. The molecular weight excluding hydrogens is 416 g/mol. The number of carbonyl (C=O) groups is 4. The highest BCUT2D eigenvalue weighted by atomic mass is 32.2. The van der Waals surface area contributed by atoms with Crippen molar-refractivity contribution >= 4 is 34.7 Å². The fourth-order valence-electron chi connectivity index (χ4n) is 3.61. The predicted molar refractivity (Wildman–Crippen MR) is 117 cm³/mol. The summed E-state index contributed by atoms with van der Waals surface area (Å²) < 4.78 is 0. The van der Waals surface area contributed by atoms with Gasteiger partial charge in [0.25, 0.3) is 0 Å². The Balaban J connectivity index is 1.82. The smallest absolute Gasteiger partial charge is 0.323 e. The van der Waals surface area contributed by atoms with E-state index >= 15 is 0 Å². The Kier molecular flexibility index (Phi) is 7.46. The summed E-state index contributed by atoms with van der Waals surface area (Å²) in [7, 11) is 0. The van der Waals surface area contributed by atoms with Crippen molar-refractivity contribution in [2.75, 3.05) is 6.54 Å². The van der Waals surface area contributed by atoms with E-state index in [1.807, 2.05) is 54.6 Å². The molecule has 8 heteroatoms. The first-order valence-corrected chi connectivity index (χ1v) is 10.8. The summed E-state index contributed by atoms with van der Waals surface area (Å²) in [5.74, 6) is -1.98. The second-order valence-electron chi connectivity index (χ2n) is 7.41. The molecule has 2 amide bonds. The van der Waals surface area contributed by atoms with Crippen LogP contribution in [0.4, 0.5) is 0 Å². The summed E-state index contributed by atoms with van der Waals surface area (Å²) in [5.41, 5.74) is 2.64. The molecule has 2 N–H and O–H groups in total. The lowest BCUT2D eigenvalue weighted by molar-refractivity contribution is -0.146. The van der Waals surface area contributed by atoms with Crippen molar-refractivity contribution in [3.63, 3.8) is 0 Å². The molecule has 0 fully saturated rings. The monoisotopic (exact) mass is 440 g/mol. The number of fused-ring (bicyclic) bond motifs is 1. The van der Waals surface area contributed by atoms with Gasteiger partial charge in [0.05, 0.1) is 5.25 Å². The molecule has 0 aromatic heterocycles. The number of nitrogens with one attached hydrogen (secondary N) is 1. The molecule has 0 radical (unpaired) electrons. The summed E-state index contributed by atoms with van der Waals surface area (Å²) in [5, 5.41) is 11.1. The maximum Gasteiger partial charge on any atom is 0.323 e. The maximum absolute atomic E-state index is 13.1. The molecule has 1 aliphatic heterocycles. The van der Waals surface area contributed by atoms with E-state index in [2.05, 4.69) is 5.32 Å². The molecular formula is C23H24N2O5S. The van der Waals surface area contributed by atoms with Gasteiger partial charge < -0.3 is 15.3 Å². The van der Waals surface area contributed by atoms with E-state index in [-0.39, 0.29) is 18.1 Å². The highest BCUT2D eigenvalue weighted by molar-refractivity contribution is 8.14. The van der Waals surface area contributed by atoms with Crippen molar-refractivity contribution in [3.05, 3.63) is 71.3 Å². The number of carbonyl (C=O) groups excluding carboxylic acids is 3. The first-order valence-electron chi connectivity index (χ1n) is 9.92. The zero-order valence-electron chi connectivity index (χ0n) is 17.1. The Bertz CT molecular complexity index is 979. The second-order valence-corrected chi connectivity index (χ2v) is 8.79. The van der Waals surface area contributed by atoms with Gasteiger partial charge in [-0.3, -0.25) is 19.2 Å². The topological polar surface area (TPSA) is 104 Å². The molecule has 3 rings (SSSR count). The van der Waals surface area contributed by atoms with E-state index in [0.717, 1.165) is 28.5 Å². The van der Waals surface area contributed by atoms with Crippen molar-refractivity contribution in [1.82, 2.24) is 10.2 Å². The number of aliphatic carboxylic acids is 1. The zero-order chi connectivity index (χ0) is 22.4. The summed E-state index contributed by atoms with van der Waals surface area (Å²) in [6.45, 7) is 1.12. The highest BCUT2D eigenvalue weighted by Crippen LogP contribution is 2.22. The number of carboxylic acids is 1. The SMILES string of the molecule is CC(=O)S[C@@H](Cc1ccccc1)C(=O)N[C@H]1Cc2ccccc2CN(CC(=O)O)C1=O. The molecule has 7 nitrogen and oxygen atoms in total.